The highest BCUT2D eigenvalue weighted by molar-refractivity contribution is 6.00. The summed E-state index contributed by atoms with van der Waals surface area (Å²) in [6.07, 6.45) is 1.28. The summed E-state index contributed by atoms with van der Waals surface area (Å²) in [5, 5.41) is 14.0. The van der Waals surface area contributed by atoms with Crippen molar-refractivity contribution < 1.29 is 14.7 Å². The standard InChI is InChI=1S/C14H14N4O3/c1-8-3-5-11(9(2)16-8)18-14(21)17-10-4-6-12(13(19)20)15-7-10/h3-7H,1-2H3,(H,19,20)(H2,17,18,21). The molecule has 2 aromatic rings. The number of carbonyl (C=O) groups excluding carboxylic acids is 1. The summed E-state index contributed by atoms with van der Waals surface area (Å²) in [6, 6.07) is 5.90. The molecule has 0 fully saturated rings. The first-order chi connectivity index (χ1) is 9.95. The van der Waals surface area contributed by atoms with Crippen LogP contribution in [0.3, 0.4) is 0 Å². The zero-order chi connectivity index (χ0) is 15.4. The maximum absolute atomic E-state index is 11.8. The molecule has 2 amide bonds. The van der Waals surface area contributed by atoms with Crippen LogP contribution in [0.25, 0.3) is 0 Å². The molecular weight excluding hydrogens is 272 g/mol. The quantitative estimate of drug-likeness (QED) is 0.803. The van der Waals surface area contributed by atoms with Gasteiger partial charge in [0.25, 0.3) is 0 Å². The number of amides is 2. The average Bonchev–Trinajstić information content (AvgIpc) is 2.42. The molecule has 0 saturated carbocycles. The fraction of sp³-hybridized carbons (Fsp3) is 0.143. The minimum Gasteiger partial charge on any atom is -0.477 e. The third kappa shape index (κ3) is 3.75. The van der Waals surface area contributed by atoms with Crippen molar-refractivity contribution in [3.63, 3.8) is 0 Å². The molecule has 2 heterocycles. The Hall–Kier alpha value is -2.96. The topological polar surface area (TPSA) is 104 Å². The molecule has 2 rings (SSSR count). The van der Waals surface area contributed by atoms with E-state index in [1.54, 1.807) is 19.1 Å². The minimum atomic E-state index is -1.12. The molecule has 0 unspecified atom stereocenters. The zero-order valence-electron chi connectivity index (χ0n) is 11.5. The number of pyridine rings is 2. The summed E-state index contributed by atoms with van der Waals surface area (Å²) >= 11 is 0. The molecule has 21 heavy (non-hydrogen) atoms. The van der Waals surface area contributed by atoms with Crippen molar-refractivity contribution in [3.05, 3.63) is 47.5 Å². The molecule has 0 aliphatic rings. The first-order valence-corrected chi connectivity index (χ1v) is 6.17. The van der Waals surface area contributed by atoms with Gasteiger partial charge >= 0.3 is 12.0 Å². The Kier molecular flexibility index (Phi) is 4.13. The molecule has 0 bridgehead atoms. The summed E-state index contributed by atoms with van der Waals surface area (Å²) in [5.41, 5.74) is 2.50. The first kappa shape index (κ1) is 14.4. The fourth-order valence-corrected chi connectivity index (χ4v) is 1.70. The Morgan fingerprint density at radius 2 is 1.86 bits per heavy atom. The molecule has 0 aliphatic heterocycles. The molecule has 108 valence electrons. The predicted molar refractivity (Wildman–Crippen MR) is 77.5 cm³/mol. The van der Waals surface area contributed by atoms with Crippen LogP contribution in [0.1, 0.15) is 21.9 Å². The minimum absolute atomic E-state index is 0.0838. The van der Waals surface area contributed by atoms with Gasteiger partial charge in [0.05, 0.1) is 23.3 Å². The SMILES string of the molecule is Cc1ccc(NC(=O)Nc2ccc(C(=O)O)nc2)c(C)n1. The monoisotopic (exact) mass is 286 g/mol. The van der Waals surface area contributed by atoms with E-state index in [9.17, 15) is 9.59 Å². The van der Waals surface area contributed by atoms with Gasteiger partial charge in [-0.1, -0.05) is 0 Å². The lowest BCUT2D eigenvalue weighted by atomic mass is 10.3. The van der Waals surface area contributed by atoms with Gasteiger partial charge in [0.1, 0.15) is 5.69 Å². The Morgan fingerprint density at radius 1 is 1.10 bits per heavy atom. The summed E-state index contributed by atoms with van der Waals surface area (Å²) in [6.45, 7) is 3.67. The number of nitrogens with zero attached hydrogens (tertiary/aromatic N) is 2. The van der Waals surface area contributed by atoms with Crippen LogP contribution >= 0.6 is 0 Å². The molecule has 0 spiro atoms. The number of aromatic carboxylic acids is 1. The van der Waals surface area contributed by atoms with Gasteiger partial charge in [0.2, 0.25) is 0 Å². The maximum atomic E-state index is 11.8. The number of urea groups is 1. The number of carboxylic acids is 1. The molecule has 7 heteroatoms. The molecule has 0 aromatic carbocycles. The van der Waals surface area contributed by atoms with Gasteiger partial charge in [0.15, 0.2) is 0 Å². The average molecular weight is 286 g/mol. The van der Waals surface area contributed by atoms with E-state index < -0.39 is 12.0 Å². The van der Waals surface area contributed by atoms with Gasteiger partial charge in [-0.25, -0.2) is 14.6 Å². The number of anilines is 2. The second kappa shape index (κ2) is 6.00. The van der Waals surface area contributed by atoms with Crippen LogP contribution in [0, 0.1) is 13.8 Å². The largest absolute Gasteiger partial charge is 0.477 e. The fourth-order valence-electron chi connectivity index (χ4n) is 1.70. The van der Waals surface area contributed by atoms with Crippen molar-refractivity contribution in [2.45, 2.75) is 13.8 Å². The highest BCUT2D eigenvalue weighted by Crippen LogP contribution is 2.13. The summed E-state index contributed by atoms with van der Waals surface area (Å²) in [4.78, 5) is 30.5. The van der Waals surface area contributed by atoms with Crippen LogP contribution in [0.4, 0.5) is 16.2 Å². The van der Waals surface area contributed by atoms with Crippen LogP contribution in [0.2, 0.25) is 0 Å². The second-order valence-corrected chi connectivity index (χ2v) is 4.40. The number of carbonyl (C=O) groups is 2. The molecule has 0 saturated heterocycles. The highest BCUT2D eigenvalue weighted by Gasteiger charge is 2.08. The van der Waals surface area contributed by atoms with Crippen LogP contribution in [0.5, 0.6) is 0 Å². The Bertz CT molecular complexity index is 683. The van der Waals surface area contributed by atoms with Crippen molar-refractivity contribution in [1.82, 2.24) is 9.97 Å². The molecular formula is C14H14N4O3. The van der Waals surface area contributed by atoms with E-state index >= 15 is 0 Å². The van der Waals surface area contributed by atoms with E-state index in [2.05, 4.69) is 20.6 Å². The second-order valence-electron chi connectivity index (χ2n) is 4.40. The van der Waals surface area contributed by atoms with E-state index in [1.807, 2.05) is 6.92 Å². The normalized spacial score (nSPS) is 10.0. The van der Waals surface area contributed by atoms with Gasteiger partial charge in [-0.05, 0) is 38.1 Å². The van der Waals surface area contributed by atoms with Gasteiger partial charge in [-0.3, -0.25) is 4.98 Å². The van der Waals surface area contributed by atoms with Gasteiger partial charge < -0.3 is 15.7 Å². The van der Waals surface area contributed by atoms with Crippen LogP contribution < -0.4 is 10.6 Å². The van der Waals surface area contributed by atoms with Crippen LogP contribution in [0.15, 0.2) is 30.5 Å². The lowest BCUT2D eigenvalue weighted by Crippen LogP contribution is -2.20. The van der Waals surface area contributed by atoms with E-state index in [-0.39, 0.29) is 5.69 Å². The number of aromatic nitrogens is 2. The number of nitrogens with one attached hydrogen (secondary N) is 2. The van der Waals surface area contributed by atoms with Crippen molar-refractivity contribution in [1.29, 1.82) is 0 Å². The Labute approximate surface area is 121 Å². The van der Waals surface area contributed by atoms with Crippen molar-refractivity contribution in [2.24, 2.45) is 0 Å². The van der Waals surface area contributed by atoms with Gasteiger partial charge in [0, 0.05) is 5.69 Å². The summed E-state index contributed by atoms with van der Waals surface area (Å²) in [7, 11) is 0. The summed E-state index contributed by atoms with van der Waals surface area (Å²) < 4.78 is 0. The number of aryl methyl sites for hydroxylation is 2. The summed E-state index contributed by atoms with van der Waals surface area (Å²) in [5.74, 6) is -1.12. The molecule has 7 nitrogen and oxygen atoms in total. The van der Waals surface area contributed by atoms with E-state index in [0.717, 1.165) is 5.69 Å². The van der Waals surface area contributed by atoms with E-state index in [1.165, 1.54) is 18.3 Å². The highest BCUT2D eigenvalue weighted by atomic mass is 16.4. The predicted octanol–water partition coefficient (Wildman–Crippen LogP) is 2.44. The number of rotatable bonds is 3. The maximum Gasteiger partial charge on any atom is 0.354 e. The Balaban J connectivity index is 2.02. The van der Waals surface area contributed by atoms with Crippen molar-refractivity contribution in [2.75, 3.05) is 10.6 Å². The smallest absolute Gasteiger partial charge is 0.354 e. The molecule has 2 aromatic heterocycles. The van der Waals surface area contributed by atoms with Crippen molar-refractivity contribution >= 4 is 23.4 Å². The third-order valence-electron chi connectivity index (χ3n) is 2.71. The number of hydrogen-bond donors (Lipinski definition) is 3. The molecule has 0 aliphatic carbocycles. The van der Waals surface area contributed by atoms with Crippen molar-refractivity contribution in [3.8, 4) is 0 Å². The third-order valence-corrected chi connectivity index (χ3v) is 2.71. The molecule has 0 atom stereocenters. The van der Waals surface area contributed by atoms with E-state index in [0.29, 0.717) is 17.1 Å². The lowest BCUT2D eigenvalue weighted by molar-refractivity contribution is 0.0690. The number of carboxylic acid groups (broad SMARTS) is 1. The first-order valence-electron chi connectivity index (χ1n) is 6.17. The zero-order valence-corrected chi connectivity index (χ0v) is 11.5. The van der Waals surface area contributed by atoms with Crippen LogP contribution in [-0.4, -0.2) is 27.1 Å². The van der Waals surface area contributed by atoms with Gasteiger partial charge in [-0.15, -0.1) is 0 Å². The lowest BCUT2D eigenvalue weighted by Gasteiger charge is -2.09. The van der Waals surface area contributed by atoms with Crippen LogP contribution in [-0.2, 0) is 0 Å². The molecule has 3 N–H and O–H groups in total. The molecule has 0 radical (unpaired) electrons. The van der Waals surface area contributed by atoms with Gasteiger partial charge in [-0.2, -0.15) is 0 Å². The number of hydrogen-bond acceptors (Lipinski definition) is 4. The Morgan fingerprint density at radius 3 is 2.43 bits per heavy atom. The van der Waals surface area contributed by atoms with E-state index in [4.69, 9.17) is 5.11 Å².